The molecule has 0 saturated carbocycles. The van der Waals surface area contributed by atoms with E-state index in [9.17, 15) is 23.1 Å². The minimum Gasteiger partial charge on any atom is -0.462 e. The molecule has 4 rings (SSSR count). The standard InChI is InChI=1S/C24H21F3N2O3S/c1-3-32-23(31)21-14(2)28-29(20(21)13-30)19-9-5-7-16-12-18(33-22(16)19)11-15-6-4-8-17(10-15)24(25,26)27/h4-10,12,30H,3,11,13H2,1-2H3. The normalized spacial score (nSPS) is 11.8. The van der Waals surface area contributed by atoms with Crippen molar-refractivity contribution in [2.75, 3.05) is 6.61 Å². The number of aryl methyl sites for hydroxylation is 1. The lowest BCUT2D eigenvalue weighted by atomic mass is 10.1. The van der Waals surface area contributed by atoms with Crippen molar-refractivity contribution in [2.45, 2.75) is 33.1 Å². The predicted octanol–water partition coefficient (Wildman–Crippen LogP) is 5.67. The second kappa shape index (κ2) is 8.99. The first kappa shape index (κ1) is 23.0. The molecule has 2 aromatic heterocycles. The Labute approximate surface area is 192 Å². The maximum absolute atomic E-state index is 13.1. The number of rotatable bonds is 6. The van der Waals surface area contributed by atoms with Crippen molar-refractivity contribution in [1.29, 1.82) is 0 Å². The molecule has 1 N–H and O–H groups in total. The van der Waals surface area contributed by atoms with E-state index in [0.29, 0.717) is 29.1 Å². The Morgan fingerprint density at radius 2 is 1.94 bits per heavy atom. The Morgan fingerprint density at radius 1 is 1.18 bits per heavy atom. The summed E-state index contributed by atoms with van der Waals surface area (Å²) in [4.78, 5) is 13.3. The fourth-order valence-corrected chi connectivity index (χ4v) is 4.99. The lowest BCUT2D eigenvalue weighted by Crippen LogP contribution is -2.10. The number of alkyl halides is 3. The van der Waals surface area contributed by atoms with E-state index in [1.807, 2.05) is 24.3 Å². The Bertz CT molecular complexity index is 1320. The van der Waals surface area contributed by atoms with E-state index in [1.165, 1.54) is 22.1 Å². The van der Waals surface area contributed by atoms with Crippen molar-refractivity contribution in [1.82, 2.24) is 9.78 Å². The van der Waals surface area contributed by atoms with E-state index in [-0.39, 0.29) is 12.2 Å². The zero-order chi connectivity index (χ0) is 23.8. The third-order valence-electron chi connectivity index (χ3n) is 5.22. The number of aromatic nitrogens is 2. The zero-order valence-electron chi connectivity index (χ0n) is 17.9. The van der Waals surface area contributed by atoms with Gasteiger partial charge < -0.3 is 9.84 Å². The third kappa shape index (κ3) is 4.51. The molecule has 0 saturated heterocycles. The summed E-state index contributed by atoms with van der Waals surface area (Å²) in [6.07, 6.45) is -4.04. The number of esters is 1. The number of carbonyl (C=O) groups excluding carboxylic acids is 1. The van der Waals surface area contributed by atoms with Crippen molar-refractivity contribution < 1.29 is 27.8 Å². The lowest BCUT2D eigenvalue weighted by molar-refractivity contribution is -0.137. The number of aliphatic hydroxyl groups is 1. The first-order valence-electron chi connectivity index (χ1n) is 10.3. The van der Waals surface area contributed by atoms with Gasteiger partial charge in [0.15, 0.2) is 0 Å². The van der Waals surface area contributed by atoms with Crippen LogP contribution in [0.1, 0.15) is 44.7 Å². The average Bonchev–Trinajstić information content (AvgIpc) is 3.33. The molecule has 9 heteroatoms. The summed E-state index contributed by atoms with van der Waals surface area (Å²) in [7, 11) is 0. The first-order chi connectivity index (χ1) is 15.7. The fourth-order valence-electron chi connectivity index (χ4n) is 3.80. The monoisotopic (exact) mass is 474 g/mol. The van der Waals surface area contributed by atoms with Gasteiger partial charge in [-0.25, -0.2) is 9.48 Å². The Hall–Kier alpha value is -3.17. The number of carbonyl (C=O) groups is 1. The van der Waals surface area contributed by atoms with Crippen molar-refractivity contribution in [3.05, 3.63) is 81.5 Å². The Morgan fingerprint density at radius 3 is 2.64 bits per heavy atom. The summed E-state index contributed by atoms with van der Waals surface area (Å²) in [6, 6.07) is 12.8. The van der Waals surface area contributed by atoms with Gasteiger partial charge in [0.05, 0.1) is 40.6 Å². The molecule has 0 unspecified atom stereocenters. The highest BCUT2D eigenvalue weighted by Gasteiger charge is 2.30. The number of thiophene rings is 1. The molecule has 2 heterocycles. The van der Waals surface area contributed by atoms with Crippen LogP contribution in [0.5, 0.6) is 0 Å². The number of fused-ring (bicyclic) bond motifs is 1. The lowest BCUT2D eigenvalue weighted by Gasteiger charge is -2.08. The minimum absolute atomic E-state index is 0.202. The molecule has 0 amide bonds. The molecular formula is C24H21F3N2O3S. The van der Waals surface area contributed by atoms with Crippen LogP contribution < -0.4 is 0 Å². The van der Waals surface area contributed by atoms with Gasteiger partial charge in [-0.2, -0.15) is 18.3 Å². The van der Waals surface area contributed by atoms with Crippen LogP contribution in [0.2, 0.25) is 0 Å². The van der Waals surface area contributed by atoms with Gasteiger partial charge in [0, 0.05) is 11.3 Å². The summed E-state index contributed by atoms with van der Waals surface area (Å²) in [5, 5.41) is 15.4. The number of benzene rings is 2. The second-order valence-corrected chi connectivity index (χ2v) is 8.62. The number of nitrogens with zero attached hydrogens (tertiary/aromatic N) is 2. The van der Waals surface area contributed by atoms with E-state index in [0.717, 1.165) is 27.1 Å². The molecule has 0 aliphatic heterocycles. The molecule has 33 heavy (non-hydrogen) atoms. The zero-order valence-corrected chi connectivity index (χ0v) is 18.8. The summed E-state index contributed by atoms with van der Waals surface area (Å²) in [5.74, 6) is -0.547. The summed E-state index contributed by atoms with van der Waals surface area (Å²) in [5.41, 5.74) is 1.57. The number of aliphatic hydroxyl groups excluding tert-OH is 1. The van der Waals surface area contributed by atoms with Gasteiger partial charge >= 0.3 is 12.1 Å². The molecule has 172 valence electrons. The van der Waals surface area contributed by atoms with Crippen LogP contribution in [0, 0.1) is 6.92 Å². The van der Waals surface area contributed by atoms with Gasteiger partial charge in [0.2, 0.25) is 0 Å². The van der Waals surface area contributed by atoms with Crippen LogP contribution in [0.15, 0.2) is 48.5 Å². The number of ether oxygens (including phenoxy) is 1. The molecule has 0 bridgehead atoms. The van der Waals surface area contributed by atoms with E-state index in [2.05, 4.69) is 5.10 Å². The highest BCUT2D eigenvalue weighted by atomic mass is 32.1. The maximum Gasteiger partial charge on any atom is 0.416 e. The van der Waals surface area contributed by atoms with Crippen molar-refractivity contribution in [2.24, 2.45) is 0 Å². The van der Waals surface area contributed by atoms with E-state index >= 15 is 0 Å². The first-order valence-corrected chi connectivity index (χ1v) is 11.1. The van der Waals surface area contributed by atoms with Gasteiger partial charge in [-0.05, 0) is 43.0 Å². The predicted molar refractivity (Wildman–Crippen MR) is 120 cm³/mol. The third-order valence-corrected chi connectivity index (χ3v) is 6.39. The average molecular weight is 475 g/mol. The quantitative estimate of drug-likeness (QED) is 0.366. The van der Waals surface area contributed by atoms with Crippen LogP contribution in [0.4, 0.5) is 13.2 Å². The number of hydrogen-bond donors (Lipinski definition) is 1. The number of halogens is 3. The Kier molecular flexibility index (Phi) is 6.27. The molecule has 0 atom stereocenters. The molecule has 2 aromatic carbocycles. The van der Waals surface area contributed by atoms with E-state index in [4.69, 9.17) is 4.74 Å². The van der Waals surface area contributed by atoms with E-state index in [1.54, 1.807) is 19.9 Å². The highest BCUT2D eigenvalue weighted by molar-refractivity contribution is 7.19. The fraction of sp³-hybridized carbons (Fsp3) is 0.250. The molecular weight excluding hydrogens is 453 g/mol. The molecule has 5 nitrogen and oxygen atoms in total. The van der Waals surface area contributed by atoms with Gasteiger partial charge in [-0.15, -0.1) is 11.3 Å². The van der Waals surface area contributed by atoms with Crippen LogP contribution >= 0.6 is 11.3 Å². The molecule has 0 fully saturated rings. The summed E-state index contributed by atoms with van der Waals surface area (Å²) < 4.78 is 46.7. The minimum atomic E-state index is -4.39. The van der Waals surface area contributed by atoms with Crippen molar-refractivity contribution >= 4 is 27.4 Å². The molecule has 0 spiro atoms. The van der Waals surface area contributed by atoms with Crippen molar-refractivity contribution in [3.63, 3.8) is 0 Å². The van der Waals surface area contributed by atoms with Crippen LogP contribution in [0.3, 0.4) is 0 Å². The van der Waals surface area contributed by atoms with Gasteiger partial charge in [-0.3, -0.25) is 0 Å². The van der Waals surface area contributed by atoms with Gasteiger partial charge in [0.1, 0.15) is 5.56 Å². The van der Waals surface area contributed by atoms with E-state index < -0.39 is 24.3 Å². The summed E-state index contributed by atoms with van der Waals surface area (Å²) >= 11 is 1.44. The van der Waals surface area contributed by atoms with Gasteiger partial charge in [-0.1, -0.05) is 30.3 Å². The Balaban J connectivity index is 1.76. The summed E-state index contributed by atoms with van der Waals surface area (Å²) in [6.45, 7) is 3.17. The highest BCUT2D eigenvalue weighted by Crippen LogP contribution is 2.35. The molecule has 4 aromatic rings. The molecule has 0 radical (unpaired) electrons. The van der Waals surface area contributed by atoms with Crippen LogP contribution in [-0.4, -0.2) is 27.5 Å². The van der Waals surface area contributed by atoms with Gasteiger partial charge in [0.25, 0.3) is 0 Å². The maximum atomic E-state index is 13.1. The molecule has 0 aliphatic carbocycles. The van der Waals surface area contributed by atoms with Crippen molar-refractivity contribution in [3.8, 4) is 5.69 Å². The smallest absolute Gasteiger partial charge is 0.416 e. The second-order valence-electron chi connectivity index (χ2n) is 7.48. The SMILES string of the molecule is CCOC(=O)c1c(C)nn(-c2cccc3cc(Cc4cccc(C(F)(F)F)c4)sc23)c1CO. The largest absolute Gasteiger partial charge is 0.462 e. The topological polar surface area (TPSA) is 64.3 Å². The molecule has 0 aliphatic rings. The van der Waals surface area contributed by atoms with Crippen LogP contribution in [0.25, 0.3) is 15.8 Å². The van der Waals surface area contributed by atoms with Crippen LogP contribution in [-0.2, 0) is 23.9 Å². The number of hydrogen-bond acceptors (Lipinski definition) is 5.